The van der Waals surface area contributed by atoms with Crippen molar-refractivity contribution in [3.63, 3.8) is 0 Å². The van der Waals surface area contributed by atoms with E-state index in [2.05, 4.69) is 4.98 Å². The smallest absolute Gasteiger partial charge is 0.333 e. The molecule has 1 unspecified atom stereocenters. The summed E-state index contributed by atoms with van der Waals surface area (Å²) in [6.45, 7) is 1.81. The van der Waals surface area contributed by atoms with Crippen LogP contribution in [0.4, 0.5) is 13.2 Å². The normalized spacial score (nSPS) is 12.8. The van der Waals surface area contributed by atoms with E-state index in [1.807, 2.05) is 13.0 Å². The van der Waals surface area contributed by atoms with E-state index < -0.39 is 11.7 Å². The average molecular weight is 308 g/mol. The first-order valence-corrected chi connectivity index (χ1v) is 6.66. The Morgan fingerprint density at radius 1 is 1.14 bits per heavy atom. The van der Waals surface area contributed by atoms with Gasteiger partial charge in [0.25, 0.3) is 5.91 Å². The van der Waals surface area contributed by atoms with Crippen LogP contribution < -0.4 is 0 Å². The predicted molar refractivity (Wildman–Crippen MR) is 76.2 cm³/mol. The zero-order valence-electron chi connectivity index (χ0n) is 12.1. The van der Waals surface area contributed by atoms with Gasteiger partial charge in [-0.05, 0) is 43.3 Å². The van der Waals surface area contributed by atoms with Crippen molar-refractivity contribution in [1.29, 1.82) is 0 Å². The number of carbonyl (C=O) groups excluding carboxylic acids is 1. The molecule has 0 N–H and O–H groups in total. The molecule has 3 nitrogen and oxygen atoms in total. The Morgan fingerprint density at radius 3 is 2.27 bits per heavy atom. The molecule has 0 spiro atoms. The summed E-state index contributed by atoms with van der Waals surface area (Å²) in [6.07, 6.45) is -2.78. The van der Waals surface area contributed by atoms with Gasteiger partial charge in [-0.3, -0.25) is 9.78 Å². The Labute approximate surface area is 126 Å². The van der Waals surface area contributed by atoms with Crippen LogP contribution in [-0.2, 0) is 6.18 Å². The van der Waals surface area contributed by atoms with E-state index in [1.54, 1.807) is 25.4 Å². The highest BCUT2D eigenvalue weighted by atomic mass is 19.4. The monoisotopic (exact) mass is 308 g/mol. The Hall–Kier alpha value is -2.37. The minimum absolute atomic E-state index is 0.207. The molecule has 6 heteroatoms. The molecule has 0 bridgehead atoms. The maximum Gasteiger partial charge on any atom is 0.416 e. The van der Waals surface area contributed by atoms with Crippen molar-refractivity contribution in [2.75, 3.05) is 7.05 Å². The van der Waals surface area contributed by atoms with Gasteiger partial charge in [0.2, 0.25) is 0 Å². The molecule has 1 heterocycles. The van der Waals surface area contributed by atoms with Gasteiger partial charge in [-0.25, -0.2) is 0 Å². The lowest BCUT2D eigenvalue weighted by molar-refractivity contribution is -0.137. The van der Waals surface area contributed by atoms with Crippen LogP contribution in [-0.4, -0.2) is 22.8 Å². The molecule has 1 aromatic heterocycles. The van der Waals surface area contributed by atoms with Crippen LogP contribution in [0, 0.1) is 0 Å². The third-order valence-corrected chi connectivity index (χ3v) is 3.48. The van der Waals surface area contributed by atoms with E-state index in [0.29, 0.717) is 5.69 Å². The highest BCUT2D eigenvalue weighted by Gasteiger charge is 2.30. The molecule has 0 aliphatic rings. The van der Waals surface area contributed by atoms with E-state index in [4.69, 9.17) is 0 Å². The summed E-state index contributed by atoms with van der Waals surface area (Å²) in [5, 5.41) is 0. The van der Waals surface area contributed by atoms with Gasteiger partial charge in [-0.2, -0.15) is 13.2 Å². The third-order valence-electron chi connectivity index (χ3n) is 3.48. The largest absolute Gasteiger partial charge is 0.416 e. The summed E-state index contributed by atoms with van der Waals surface area (Å²) in [6, 6.07) is 9.29. The zero-order chi connectivity index (χ0) is 16.3. The average Bonchev–Trinajstić information content (AvgIpc) is 2.53. The highest BCUT2D eigenvalue weighted by Crippen LogP contribution is 2.29. The SMILES string of the molecule is CC(c1ccccn1)N(C)C(=O)c1ccc(C(F)(F)F)cc1. The van der Waals surface area contributed by atoms with Crippen LogP contribution in [0.5, 0.6) is 0 Å². The zero-order valence-corrected chi connectivity index (χ0v) is 12.1. The van der Waals surface area contributed by atoms with Crippen molar-refractivity contribution in [3.05, 3.63) is 65.5 Å². The minimum atomic E-state index is -4.41. The first kappa shape index (κ1) is 16.0. The van der Waals surface area contributed by atoms with Gasteiger partial charge in [0.15, 0.2) is 0 Å². The van der Waals surface area contributed by atoms with Gasteiger partial charge in [0, 0.05) is 18.8 Å². The Balaban J connectivity index is 2.17. The fraction of sp³-hybridized carbons (Fsp3) is 0.250. The molecule has 1 aromatic carbocycles. The van der Waals surface area contributed by atoms with E-state index >= 15 is 0 Å². The fourth-order valence-electron chi connectivity index (χ4n) is 2.00. The van der Waals surface area contributed by atoms with Gasteiger partial charge in [-0.15, -0.1) is 0 Å². The number of hydrogen-bond donors (Lipinski definition) is 0. The number of nitrogens with zero attached hydrogens (tertiary/aromatic N) is 2. The molecule has 0 radical (unpaired) electrons. The Bertz CT molecular complexity index is 639. The van der Waals surface area contributed by atoms with Crippen LogP contribution in [0.3, 0.4) is 0 Å². The van der Waals surface area contributed by atoms with Crippen molar-refractivity contribution < 1.29 is 18.0 Å². The number of benzene rings is 1. The Morgan fingerprint density at radius 2 is 1.77 bits per heavy atom. The molecule has 0 saturated heterocycles. The maximum absolute atomic E-state index is 12.5. The van der Waals surface area contributed by atoms with Crippen LogP contribution in [0.1, 0.15) is 34.6 Å². The van der Waals surface area contributed by atoms with Gasteiger partial charge in [-0.1, -0.05) is 6.07 Å². The number of hydrogen-bond acceptors (Lipinski definition) is 2. The second-order valence-electron chi connectivity index (χ2n) is 4.92. The van der Waals surface area contributed by atoms with E-state index in [-0.39, 0.29) is 17.5 Å². The Kier molecular flexibility index (Phi) is 4.49. The summed E-state index contributed by atoms with van der Waals surface area (Å²) < 4.78 is 37.6. The number of pyridine rings is 1. The molecule has 2 rings (SSSR count). The molecular weight excluding hydrogens is 293 g/mol. The van der Waals surface area contributed by atoms with Crippen LogP contribution in [0.2, 0.25) is 0 Å². The predicted octanol–water partition coefficient (Wildman–Crippen LogP) is 3.93. The van der Waals surface area contributed by atoms with Gasteiger partial charge in [0.1, 0.15) is 0 Å². The maximum atomic E-state index is 12.5. The molecule has 2 aromatic rings. The summed E-state index contributed by atoms with van der Waals surface area (Å²) >= 11 is 0. The second kappa shape index (κ2) is 6.17. The van der Waals surface area contributed by atoms with Crippen molar-refractivity contribution in [2.45, 2.75) is 19.1 Å². The lowest BCUT2D eigenvalue weighted by Gasteiger charge is -2.24. The molecular formula is C16H15F3N2O. The van der Waals surface area contributed by atoms with E-state index in [9.17, 15) is 18.0 Å². The molecule has 1 atom stereocenters. The standard InChI is InChI=1S/C16H15F3N2O/c1-11(14-5-3-4-10-20-14)21(2)15(22)12-6-8-13(9-7-12)16(17,18)19/h3-11H,1-2H3. The molecule has 22 heavy (non-hydrogen) atoms. The third kappa shape index (κ3) is 3.44. The van der Waals surface area contributed by atoms with Crippen LogP contribution in [0.25, 0.3) is 0 Å². The van der Waals surface area contributed by atoms with Crippen LogP contribution >= 0.6 is 0 Å². The van der Waals surface area contributed by atoms with Crippen molar-refractivity contribution in [1.82, 2.24) is 9.88 Å². The summed E-state index contributed by atoms with van der Waals surface area (Å²) in [4.78, 5) is 18.0. The summed E-state index contributed by atoms with van der Waals surface area (Å²) in [7, 11) is 1.60. The molecule has 0 aliphatic carbocycles. The number of halogens is 3. The molecule has 0 aliphatic heterocycles. The lowest BCUT2D eigenvalue weighted by Crippen LogP contribution is -2.30. The van der Waals surface area contributed by atoms with Crippen LogP contribution in [0.15, 0.2) is 48.7 Å². The van der Waals surface area contributed by atoms with Gasteiger partial charge in [0.05, 0.1) is 17.3 Å². The summed E-state index contributed by atoms with van der Waals surface area (Å²) in [5.74, 6) is -0.355. The number of carbonyl (C=O) groups is 1. The lowest BCUT2D eigenvalue weighted by atomic mass is 10.1. The van der Waals surface area contributed by atoms with Crippen molar-refractivity contribution in [3.8, 4) is 0 Å². The number of alkyl halides is 3. The first-order chi connectivity index (χ1) is 10.3. The summed E-state index contributed by atoms with van der Waals surface area (Å²) in [5.41, 5.74) is 0.146. The molecule has 0 saturated carbocycles. The van der Waals surface area contributed by atoms with Gasteiger partial charge < -0.3 is 4.90 Å². The number of aromatic nitrogens is 1. The second-order valence-corrected chi connectivity index (χ2v) is 4.92. The van der Waals surface area contributed by atoms with Crippen molar-refractivity contribution >= 4 is 5.91 Å². The fourth-order valence-corrected chi connectivity index (χ4v) is 2.00. The minimum Gasteiger partial charge on any atom is -0.333 e. The van der Waals surface area contributed by atoms with E-state index in [1.165, 1.54) is 17.0 Å². The van der Waals surface area contributed by atoms with Gasteiger partial charge >= 0.3 is 6.18 Å². The first-order valence-electron chi connectivity index (χ1n) is 6.66. The van der Waals surface area contributed by atoms with E-state index in [0.717, 1.165) is 12.1 Å². The molecule has 0 fully saturated rings. The topological polar surface area (TPSA) is 33.2 Å². The highest BCUT2D eigenvalue weighted by molar-refractivity contribution is 5.94. The number of amides is 1. The van der Waals surface area contributed by atoms with Crippen molar-refractivity contribution in [2.24, 2.45) is 0 Å². The molecule has 116 valence electrons. The number of rotatable bonds is 3. The molecule has 1 amide bonds. The quantitative estimate of drug-likeness (QED) is 0.860.